The van der Waals surface area contributed by atoms with Gasteiger partial charge in [0.2, 0.25) is 5.91 Å². The van der Waals surface area contributed by atoms with Crippen molar-refractivity contribution in [3.63, 3.8) is 0 Å². The molecule has 1 aromatic rings. The minimum absolute atomic E-state index is 0.0523. The standard InChI is InChI=1S/C25H27ClN2O6/c26-16-8-4-5-9-17(16)27-12-7-11-25-20(22(30)28(13-14-29)21(25)23(27)31)19-18(34-25)10-3-1-2-6-15-33-24(19)32/h3-5,7-11,18-21,29H,1-2,6,12-15H2/b10-3-/t18-,19+,20+,21?,25+/m1/s1. The second kappa shape index (κ2) is 9.17. The highest BCUT2D eigenvalue weighted by atomic mass is 35.5. The number of rotatable bonds is 3. The minimum Gasteiger partial charge on any atom is -0.465 e. The highest BCUT2D eigenvalue weighted by molar-refractivity contribution is 6.34. The average Bonchev–Trinajstić information content (AvgIpc) is 3.20. The Morgan fingerprint density at radius 3 is 2.74 bits per heavy atom. The van der Waals surface area contributed by atoms with Crippen LogP contribution in [-0.4, -0.2) is 71.8 Å². The van der Waals surface area contributed by atoms with Gasteiger partial charge < -0.3 is 24.4 Å². The zero-order valence-electron chi connectivity index (χ0n) is 18.6. The molecule has 4 aliphatic heterocycles. The molecule has 5 rings (SSSR count). The Morgan fingerprint density at radius 1 is 1.12 bits per heavy atom. The Hall–Kier alpha value is -2.68. The molecule has 0 aliphatic carbocycles. The lowest BCUT2D eigenvalue weighted by molar-refractivity contribution is -0.154. The number of β-amino-alcohol motifs (C(OH)–C–C–N with tert-alkyl or cyclic N) is 1. The summed E-state index contributed by atoms with van der Waals surface area (Å²) < 4.78 is 12.0. The minimum atomic E-state index is -1.36. The number of amides is 2. The maximum absolute atomic E-state index is 14.0. The van der Waals surface area contributed by atoms with Crippen LogP contribution in [0.15, 0.2) is 48.6 Å². The van der Waals surface area contributed by atoms with Crippen LogP contribution >= 0.6 is 11.6 Å². The van der Waals surface area contributed by atoms with E-state index in [-0.39, 0.29) is 32.2 Å². The molecule has 1 spiro atoms. The quantitative estimate of drug-likeness (QED) is 0.519. The van der Waals surface area contributed by atoms with Crippen LogP contribution in [0.4, 0.5) is 5.69 Å². The molecule has 34 heavy (non-hydrogen) atoms. The van der Waals surface area contributed by atoms with E-state index in [1.165, 1.54) is 9.80 Å². The first-order chi connectivity index (χ1) is 16.5. The number of carbonyl (C=O) groups excluding carboxylic acids is 3. The first kappa shape index (κ1) is 23.1. The second-order valence-electron chi connectivity index (χ2n) is 8.99. The average molecular weight is 487 g/mol. The molecular formula is C25H27ClN2O6. The van der Waals surface area contributed by atoms with Crippen molar-refractivity contribution < 1.29 is 29.0 Å². The molecule has 1 unspecified atom stereocenters. The number of carbonyl (C=O) groups is 3. The Morgan fingerprint density at radius 2 is 1.94 bits per heavy atom. The molecule has 0 bridgehead atoms. The number of para-hydroxylation sites is 1. The summed E-state index contributed by atoms with van der Waals surface area (Å²) in [5, 5.41) is 10.1. The number of hydrogen-bond acceptors (Lipinski definition) is 6. The van der Waals surface area contributed by atoms with Gasteiger partial charge in [0.25, 0.3) is 5.91 Å². The zero-order chi connectivity index (χ0) is 23.9. The van der Waals surface area contributed by atoms with E-state index in [1.54, 1.807) is 36.4 Å². The van der Waals surface area contributed by atoms with Gasteiger partial charge in [-0.05, 0) is 31.4 Å². The molecule has 1 aromatic carbocycles. The van der Waals surface area contributed by atoms with Gasteiger partial charge in [-0.25, -0.2) is 0 Å². The first-order valence-electron chi connectivity index (χ1n) is 11.7. The van der Waals surface area contributed by atoms with Crippen LogP contribution < -0.4 is 4.90 Å². The number of benzene rings is 1. The van der Waals surface area contributed by atoms with Crippen molar-refractivity contribution in [1.82, 2.24) is 4.90 Å². The lowest BCUT2D eigenvalue weighted by Crippen LogP contribution is -2.55. The number of cyclic esters (lactones) is 1. The SMILES string of the molecule is O=C1OCCCC/C=C\[C@H]2O[C@]34C=CCN(c5ccccc5Cl)C(=O)C3N(CCO)C(=O)[C@@H]4[C@@H]12. The number of nitrogens with zero attached hydrogens (tertiary/aromatic N) is 2. The number of allylic oxidation sites excluding steroid dienone is 1. The molecule has 4 heterocycles. The second-order valence-corrected chi connectivity index (χ2v) is 9.40. The Balaban J connectivity index is 1.61. The molecule has 2 fully saturated rings. The molecule has 8 nitrogen and oxygen atoms in total. The highest BCUT2D eigenvalue weighted by Crippen LogP contribution is 2.53. The van der Waals surface area contributed by atoms with E-state index in [9.17, 15) is 19.5 Å². The van der Waals surface area contributed by atoms with Crippen molar-refractivity contribution in [1.29, 1.82) is 0 Å². The van der Waals surface area contributed by atoms with Gasteiger partial charge in [0.05, 0.1) is 35.9 Å². The summed E-state index contributed by atoms with van der Waals surface area (Å²) in [5.41, 5.74) is -0.835. The predicted molar refractivity (Wildman–Crippen MR) is 124 cm³/mol. The molecule has 9 heteroatoms. The fourth-order valence-electron chi connectivity index (χ4n) is 5.65. The summed E-state index contributed by atoms with van der Waals surface area (Å²) in [5.74, 6) is -3.07. The first-order valence-corrected chi connectivity index (χ1v) is 12.0. The molecule has 2 saturated heterocycles. The smallest absolute Gasteiger partial charge is 0.312 e. The van der Waals surface area contributed by atoms with Crippen molar-refractivity contribution in [3.05, 3.63) is 53.6 Å². The number of esters is 1. The largest absolute Gasteiger partial charge is 0.465 e. The van der Waals surface area contributed by atoms with Crippen LogP contribution in [-0.2, 0) is 23.9 Å². The Labute approximate surface area is 202 Å². The summed E-state index contributed by atoms with van der Waals surface area (Å²) in [4.78, 5) is 43.8. The monoisotopic (exact) mass is 486 g/mol. The molecule has 2 amide bonds. The van der Waals surface area contributed by atoms with Crippen LogP contribution in [0.5, 0.6) is 0 Å². The molecule has 0 aromatic heterocycles. The number of anilines is 1. The van der Waals surface area contributed by atoms with Gasteiger partial charge in [-0.1, -0.05) is 48.0 Å². The van der Waals surface area contributed by atoms with E-state index in [0.717, 1.165) is 19.3 Å². The van der Waals surface area contributed by atoms with Crippen molar-refractivity contribution in [2.75, 3.05) is 31.2 Å². The van der Waals surface area contributed by atoms with Crippen LogP contribution in [0.3, 0.4) is 0 Å². The van der Waals surface area contributed by atoms with Crippen molar-refractivity contribution in [2.24, 2.45) is 11.8 Å². The molecule has 4 aliphatic rings. The van der Waals surface area contributed by atoms with Gasteiger partial charge in [0, 0.05) is 13.1 Å². The number of ether oxygens (including phenoxy) is 2. The normalized spacial score (nSPS) is 34.2. The number of aliphatic hydroxyl groups excluding tert-OH is 1. The van der Waals surface area contributed by atoms with Crippen molar-refractivity contribution in [2.45, 2.75) is 37.0 Å². The number of hydrogen-bond donors (Lipinski definition) is 1. The molecule has 0 saturated carbocycles. The molecule has 0 radical (unpaired) electrons. The third-order valence-corrected chi connectivity index (χ3v) is 7.40. The summed E-state index contributed by atoms with van der Waals surface area (Å²) in [7, 11) is 0. The van der Waals surface area contributed by atoms with E-state index in [1.807, 2.05) is 12.2 Å². The van der Waals surface area contributed by atoms with E-state index in [0.29, 0.717) is 10.7 Å². The molecule has 5 atom stereocenters. The van der Waals surface area contributed by atoms with E-state index >= 15 is 0 Å². The summed E-state index contributed by atoms with van der Waals surface area (Å²) >= 11 is 6.40. The maximum Gasteiger partial charge on any atom is 0.312 e. The fraction of sp³-hybridized carbons (Fsp3) is 0.480. The van der Waals surface area contributed by atoms with Crippen LogP contribution in [0, 0.1) is 11.8 Å². The number of fused-ring (bicyclic) bond motifs is 2. The Kier molecular flexibility index (Phi) is 6.22. The van der Waals surface area contributed by atoms with E-state index in [4.69, 9.17) is 21.1 Å². The third kappa shape index (κ3) is 3.56. The lowest BCUT2D eigenvalue weighted by Gasteiger charge is -2.35. The van der Waals surface area contributed by atoms with Gasteiger partial charge in [0.1, 0.15) is 17.6 Å². The third-order valence-electron chi connectivity index (χ3n) is 7.09. The highest BCUT2D eigenvalue weighted by Gasteiger charge is 2.71. The number of likely N-dealkylation sites (tertiary alicyclic amines) is 1. The summed E-state index contributed by atoms with van der Waals surface area (Å²) in [6.07, 6.45) is 9.07. The van der Waals surface area contributed by atoms with Gasteiger partial charge in [-0.15, -0.1) is 0 Å². The van der Waals surface area contributed by atoms with Crippen molar-refractivity contribution >= 4 is 35.1 Å². The fourth-order valence-corrected chi connectivity index (χ4v) is 5.89. The van der Waals surface area contributed by atoms with Crippen LogP contribution in [0.25, 0.3) is 0 Å². The van der Waals surface area contributed by atoms with Gasteiger partial charge in [-0.2, -0.15) is 0 Å². The lowest BCUT2D eigenvalue weighted by atomic mass is 9.78. The summed E-state index contributed by atoms with van der Waals surface area (Å²) in [6.45, 7) is 0.131. The van der Waals surface area contributed by atoms with Crippen LogP contribution in [0.2, 0.25) is 5.02 Å². The number of aliphatic hydroxyl groups is 1. The van der Waals surface area contributed by atoms with E-state index < -0.39 is 41.5 Å². The number of halogens is 1. The van der Waals surface area contributed by atoms with Crippen molar-refractivity contribution in [3.8, 4) is 0 Å². The maximum atomic E-state index is 14.0. The summed E-state index contributed by atoms with van der Waals surface area (Å²) in [6, 6.07) is 5.95. The molecule has 180 valence electrons. The van der Waals surface area contributed by atoms with Gasteiger partial charge >= 0.3 is 5.97 Å². The topological polar surface area (TPSA) is 96.4 Å². The van der Waals surface area contributed by atoms with Crippen LogP contribution in [0.1, 0.15) is 19.3 Å². The van der Waals surface area contributed by atoms with E-state index in [2.05, 4.69) is 0 Å². The Bertz CT molecular complexity index is 1060. The zero-order valence-corrected chi connectivity index (χ0v) is 19.4. The molecular weight excluding hydrogens is 460 g/mol. The predicted octanol–water partition coefficient (Wildman–Crippen LogP) is 2.10. The van der Waals surface area contributed by atoms with Gasteiger partial charge in [0.15, 0.2) is 0 Å². The van der Waals surface area contributed by atoms with Gasteiger partial charge in [-0.3, -0.25) is 14.4 Å². The molecule has 1 N–H and O–H groups in total.